The maximum absolute atomic E-state index is 13.9. The Morgan fingerprint density at radius 2 is 1.72 bits per heavy atom. The number of hydrogen-bond donors (Lipinski definition) is 0. The summed E-state index contributed by atoms with van der Waals surface area (Å²) in [7, 11) is 3.22. The van der Waals surface area contributed by atoms with Crippen molar-refractivity contribution in [3.8, 4) is 28.8 Å². The van der Waals surface area contributed by atoms with Gasteiger partial charge in [0.15, 0.2) is 0 Å². The van der Waals surface area contributed by atoms with Crippen LogP contribution in [0.1, 0.15) is 34.5 Å². The highest BCUT2D eigenvalue weighted by atomic mass is 16.5. The van der Waals surface area contributed by atoms with Crippen molar-refractivity contribution in [1.82, 2.24) is 14.7 Å². The van der Waals surface area contributed by atoms with Crippen molar-refractivity contribution in [3.05, 3.63) is 95.7 Å². The van der Waals surface area contributed by atoms with E-state index in [9.17, 15) is 4.79 Å². The van der Waals surface area contributed by atoms with Crippen molar-refractivity contribution in [3.63, 3.8) is 0 Å². The molecule has 202 valence electrons. The second-order valence-corrected chi connectivity index (χ2v) is 9.45. The highest BCUT2D eigenvalue weighted by Crippen LogP contribution is 2.33. The molecule has 0 N–H and O–H groups in total. The van der Waals surface area contributed by atoms with Crippen molar-refractivity contribution in [1.29, 1.82) is 0 Å². The van der Waals surface area contributed by atoms with Gasteiger partial charge in [-0.15, -0.1) is 0 Å². The van der Waals surface area contributed by atoms with Crippen molar-refractivity contribution in [2.75, 3.05) is 27.4 Å². The van der Waals surface area contributed by atoms with E-state index in [1.54, 1.807) is 25.0 Å². The fraction of sp³-hybridized carbons (Fsp3) is 0.290. The summed E-state index contributed by atoms with van der Waals surface area (Å²) in [5, 5.41) is 4.83. The molecule has 8 heteroatoms. The summed E-state index contributed by atoms with van der Waals surface area (Å²) in [5.74, 6) is 2.46. The second-order valence-electron chi connectivity index (χ2n) is 9.45. The van der Waals surface area contributed by atoms with E-state index < -0.39 is 0 Å². The van der Waals surface area contributed by atoms with Crippen molar-refractivity contribution >= 4 is 5.91 Å². The van der Waals surface area contributed by atoms with E-state index in [4.69, 9.17) is 24.0 Å². The average Bonchev–Trinajstić information content (AvgIpc) is 3.61. The standard InChI is InChI=1S/C31H33N3O5/c1-22-29(21-33(20-28-13-8-18-38-28)30(35)23-9-7-12-27(19-23)37-3)31(34(32-22)24-10-5-4-6-11-24)39-26-16-14-25(36-2)15-17-26/h4-7,9-12,14-17,19,28H,8,13,18,20-21H2,1-3H3/t28-/m0/s1. The van der Waals surface area contributed by atoms with Crippen molar-refractivity contribution in [2.24, 2.45) is 0 Å². The molecule has 5 rings (SSSR count). The fourth-order valence-electron chi connectivity index (χ4n) is 4.71. The first-order valence-corrected chi connectivity index (χ1v) is 13.1. The number of para-hydroxylation sites is 1. The summed E-state index contributed by atoms with van der Waals surface area (Å²) >= 11 is 0. The van der Waals surface area contributed by atoms with E-state index in [0.717, 1.165) is 35.5 Å². The third kappa shape index (κ3) is 6.07. The number of aryl methyl sites for hydroxylation is 1. The Labute approximate surface area is 228 Å². The number of benzene rings is 3. The molecule has 1 aromatic heterocycles. The zero-order valence-corrected chi connectivity index (χ0v) is 22.5. The van der Waals surface area contributed by atoms with Gasteiger partial charge in [0, 0.05) is 18.7 Å². The van der Waals surface area contributed by atoms with E-state index >= 15 is 0 Å². The summed E-state index contributed by atoms with van der Waals surface area (Å²) in [4.78, 5) is 15.7. The molecule has 0 radical (unpaired) electrons. The van der Waals surface area contributed by atoms with Gasteiger partial charge >= 0.3 is 0 Å². The number of carbonyl (C=O) groups is 1. The molecule has 0 unspecified atom stereocenters. The third-order valence-corrected chi connectivity index (χ3v) is 6.81. The zero-order chi connectivity index (χ0) is 27.2. The van der Waals surface area contributed by atoms with Gasteiger partial charge in [0.1, 0.15) is 17.2 Å². The van der Waals surface area contributed by atoms with Crippen molar-refractivity contribution < 1.29 is 23.7 Å². The van der Waals surface area contributed by atoms with Gasteiger partial charge in [-0.2, -0.15) is 5.10 Å². The number of methoxy groups -OCH3 is 2. The lowest BCUT2D eigenvalue weighted by molar-refractivity contribution is 0.0505. The SMILES string of the molecule is COc1ccc(Oc2c(CN(C[C@@H]3CCCO3)C(=O)c3cccc(OC)c3)c(C)nn2-c2ccccc2)cc1. The third-order valence-electron chi connectivity index (χ3n) is 6.81. The Balaban J connectivity index is 1.54. The van der Waals surface area contributed by atoms with Gasteiger partial charge in [0.25, 0.3) is 5.91 Å². The number of amides is 1. The lowest BCUT2D eigenvalue weighted by atomic mass is 10.1. The number of nitrogens with zero attached hydrogens (tertiary/aromatic N) is 3. The Bertz CT molecular complexity index is 1400. The quantitative estimate of drug-likeness (QED) is 0.259. The van der Waals surface area contributed by atoms with Gasteiger partial charge in [-0.1, -0.05) is 24.3 Å². The number of rotatable bonds is 10. The number of ether oxygens (including phenoxy) is 4. The molecule has 3 aromatic carbocycles. The van der Waals surface area contributed by atoms with Crippen LogP contribution in [0.5, 0.6) is 23.1 Å². The van der Waals surface area contributed by atoms with Crippen LogP contribution in [0.15, 0.2) is 78.9 Å². The van der Waals surface area contributed by atoms with Gasteiger partial charge < -0.3 is 23.8 Å². The topological polar surface area (TPSA) is 75.1 Å². The van der Waals surface area contributed by atoms with Gasteiger partial charge in [0.05, 0.1) is 43.8 Å². The van der Waals surface area contributed by atoms with E-state index in [1.807, 2.05) is 84.6 Å². The summed E-state index contributed by atoms with van der Waals surface area (Å²) in [6, 6.07) is 24.5. The minimum Gasteiger partial charge on any atom is -0.497 e. The van der Waals surface area contributed by atoms with Crippen LogP contribution >= 0.6 is 0 Å². The molecule has 1 atom stereocenters. The molecule has 0 saturated carbocycles. The monoisotopic (exact) mass is 527 g/mol. The number of carbonyl (C=O) groups excluding carboxylic acids is 1. The lowest BCUT2D eigenvalue weighted by Crippen LogP contribution is -2.37. The van der Waals surface area contributed by atoms with Crippen LogP contribution in [0.3, 0.4) is 0 Å². The van der Waals surface area contributed by atoms with Crippen molar-refractivity contribution in [2.45, 2.75) is 32.4 Å². The molecule has 0 aliphatic carbocycles. The molecule has 0 bridgehead atoms. The molecule has 1 fully saturated rings. The Kier molecular flexibility index (Phi) is 8.13. The first kappa shape index (κ1) is 26.3. The zero-order valence-electron chi connectivity index (χ0n) is 22.5. The highest BCUT2D eigenvalue weighted by molar-refractivity contribution is 5.94. The minimum atomic E-state index is -0.105. The summed E-state index contributed by atoms with van der Waals surface area (Å²) < 4.78 is 24.8. The maximum atomic E-state index is 13.9. The van der Waals surface area contributed by atoms with Crippen LogP contribution in [-0.2, 0) is 11.3 Å². The molecule has 39 heavy (non-hydrogen) atoms. The largest absolute Gasteiger partial charge is 0.497 e. The number of aromatic nitrogens is 2. The van der Waals surface area contributed by atoms with E-state index in [2.05, 4.69) is 0 Å². The highest BCUT2D eigenvalue weighted by Gasteiger charge is 2.28. The van der Waals surface area contributed by atoms with Crippen LogP contribution in [0.25, 0.3) is 5.69 Å². The average molecular weight is 528 g/mol. The molecule has 1 amide bonds. The van der Waals surface area contributed by atoms with Crippen LogP contribution in [0.4, 0.5) is 0 Å². The lowest BCUT2D eigenvalue weighted by Gasteiger charge is -2.26. The molecular weight excluding hydrogens is 494 g/mol. The van der Waals surface area contributed by atoms with Gasteiger partial charge in [-0.25, -0.2) is 4.68 Å². The molecule has 1 aliphatic heterocycles. The van der Waals surface area contributed by atoms with E-state index in [1.165, 1.54) is 0 Å². The van der Waals surface area contributed by atoms with Crippen LogP contribution in [0, 0.1) is 6.92 Å². The minimum absolute atomic E-state index is 0.0185. The Morgan fingerprint density at radius 1 is 0.974 bits per heavy atom. The maximum Gasteiger partial charge on any atom is 0.254 e. The molecule has 1 saturated heterocycles. The Morgan fingerprint density at radius 3 is 2.41 bits per heavy atom. The second kappa shape index (κ2) is 12.0. The van der Waals surface area contributed by atoms with Gasteiger partial charge in [-0.3, -0.25) is 4.79 Å². The molecule has 0 spiro atoms. The molecule has 4 aromatic rings. The van der Waals surface area contributed by atoms with Crippen LogP contribution in [-0.4, -0.2) is 54.1 Å². The van der Waals surface area contributed by atoms with E-state index in [0.29, 0.717) is 42.6 Å². The first-order chi connectivity index (χ1) is 19.1. The fourth-order valence-corrected chi connectivity index (χ4v) is 4.71. The predicted molar refractivity (Wildman–Crippen MR) is 148 cm³/mol. The molecule has 8 nitrogen and oxygen atoms in total. The normalized spacial score (nSPS) is 14.7. The Hall–Kier alpha value is -4.30. The smallest absolute Gasteiger partial charge is 0.254 e. The van der Waals surface area contributed by atoms with Gasteiger partial charge in [-0.05, 0) is 74.4 Å². The predicted octanol–water partition coefficient (Wildman–Crippen LogP) is 5.81. The summed E-state index contributed by atoms with van der Waals surface area (Å²) in [6.07, 6.45) is 1.89. The molecule has 2 heterocycles. The first-order valence-electron chi connectivity index (χ1n) is 13.1. The van der Waals surface area contributed by atoms with Crippen LogP contribution < -0.4 is 14.2 Å². The summed E-state index contributed by atoms with van der Waals surface area (Å²) in [6.45, 7) is 3.42. The molecular formula is C31H33N3O5. The van der Waals surface area contributed by atoms with E-state index in [-0.39, 0.29) is 12.0 Å². The molecule has 1 aliphatic rings. The summed E-state index contributed by atoms with van der Waals surface area (Å²) in [5.41, 5.74) is 3.01. The number of hydrogen-bond acceptors (Lipinski definition) is 6. The van der Waals surface area contributed by atoms with Crippen LogP contribution in [0.2, 0.25) is 0 Å². The van der Waals surface area contributed by atoms with Gasteiger partial charge in [0.2, 0.25) is 5.88 Å².